The first-order valence-electron chi connectivity index (χ1n) is 5.97. The van der Waals surface area contributed by atoms with Crippen LogP contribution in [0.5, 0.6) is 0 Å². The van der Waals surface area contributed by atoms with Crippen LogP contribution in [0.1, 0.15) is 11.9 Å². The van der Waals surface area contributed by atoms with Gasteiger partial charge in [0.2, 0.25) is 0 Å². The molecule has 0 spiro atoms. The Kier molecular flexibility index (Phi) is 4.43. The number of hydrogen-bond acceptors (Lipinski definition) is 6. The molecule has 3 heterocycles. The van der Waals surface area contributed by atoms with Crippen molar-refractivity contribution in [2.45, 2.75) is 12.6 Å². The molecule has 0 saturated heterocycles. The van der Waals surface area contributed by atoms with Gasteiger partial charge < -0.3 is 10.5 Å². The third-order valence-corrected chi connectivity index (χ3v) is 2.97. The van der Waals surface area contributed by atoms with Gasteiger partial charge in [0, 0.05) is 12.3 Å². The SMILES string of the molecule is Cl.NC1COCCn2c1nc(-c1ccncn1)cc2=O. The second-order valence-corrected chi connectivity index (χ2v) is 4.27. The molecular formula is C12H14ClN5O2. The molecule has 0 aromatic carbocycles. The molecular weight excluding hydrogens is 282 g/mol. The van der Waals surface area contributed by atoms with Crippen LogP contribution in [0.3, 0.4) is 0 Å². The molecule has 1 unspecified atom stereocenters. The molecule has 0 radical (unpaired) electrons. The van der Waals surface area contributed by atoms with E-state index in [1.165, 1.54) is 12.4 Å². The van der Waals surface area contributed by atoms with E-state index in [9.17, 15) is 4.79 Å². The fourth-order valence-electron chi connectivity index (χ4n) is 2.05. The summed E-state index contributed by atoms with van der Waals surface area (Å²) in [6.45, 7) is 1.30. The number of nitrogens with two attached hydrogens (primary N) is 1. The number of nitrogens with zero attached hydrogens (tertiary/aromatic N) is 4. The van der Waals surface area contributed by atoms with E-state index in [0.717, 1.165) is 0 Å². The first-order valence-corrected chi connectivity index (χ1v) is 5.97. The van der Waals surface area contributed by atoms with Crippen molar-refractivity contribution in [1.29, 1.82) is 0 Å². The average Bonchev–Trinajstić information content (AvgIpc) is 2.63. The predicted molar refractivity (Wildman–Crippen MR) is 74.5 cm³/mol. The summed E-state index contributed by atoms with van der Waals surface area (Å²) in [6.07, 6.45) is 3.03. The van der Waals surface area contributed by atoms with Crippen molar-refractivity contribution in [3.05, 3.63) is 40.8 Å². The Labute approximate surface area is 121 Å². The van der Waals surface area contributed by atoms with Crippen LogP contribution in [0.25, 0.3) is 11.4 Å². The Morgan fingerprint density at radius 3 is 3.00 bits per heavy atom. The lowest BCUT2D eigenvalue weighted by Crippen LogP contribution is -2.29. The zero-order valence-electron chi connectivity index (χ0n) is 10.6. The molecule has 0 amide bonds. The van der Waals surface area contributed by atoms with Gasteiger partial charge in [-0.15, -0.1) is 12.4 Å². The van der Waals surface area contributed by atoms with Gasteiger partial charge in [-0.3, -0.25) is 9.36 Å². The molecule has 8 heteroatoms. The van der Waals surface area contributed by atoms with Gasteiger partial charge >= 0.3 is 0 Å². The molecule has 20 heavy (non-hydrogen) atoms. The highest BCUT2D eigenvalue weighted by atomic mass is 35.5. The lowest BCUT2D eigenvalue weighted by atomic mass is 10.2. The van der Waals surface area contributed by atoms with Gasteiger partial charge in [0.1, 0.15) is 12.2 Å². The molecule has 0 fully saturated rings. The minimum Gasteiger partial charge on any atom is -0.377 e. The average molecular weight is 296 g/mol. The second kappa shape index (κ2) is 6.08. The van der Waals surface area contributed by atoms with Crippen molar-refractivity contribution >= 4 is 12.4 Å². The van der Waals surface area contributed by atoms with Crippen LogP contribution >= 0.6 is 12.4 Å². The van der Waals surface area contributed by atoms with E-state index in [1.54, 1.807) is 16.8 Å². The summed E-state index contributed by atoms with van der Waals surface area (Å²) in [6, 6.07) is 2.76. The van der Waals surface area contributed by atoms with E-state index in [2.05, 4.69) is 15.0 Å². The molecule has 1 aliphatic heterocycles. The number of fused-ring (bicyclic) bond motifs is 1. The van der Waals surface area contributed by atoms with Crippen LogP contribution in [0.15, 0.2) is 29.5 Å². The van der Waals surface area contributed by atoms with Crippen molar-refractivity contribution < 1.29 is 4.74 Å². The topological polar surface area (TPSA) is 95.9 Å². The minimum atomic E-state index is -0.406. The van der Waals surface area contributed by atoms with Gasteiger partial charge in [-0.2, -0.15) is 0 Å². The van der Waals surface area contributed by atoms with Crippen LogP contribution in [0.2, 0.25) is 0 Å². The Morgan fingerprint density at radius 2 is 2.25 bits per heavy atom. The van der Waals surface area contributed by atoms with E-state index in [-0.39, 0.29) is 18.0 Å². The maximum Gasteiger partial charge on any atom is 0.254 e. The van der Waals surface area contributed by atoms with E-state index >= 15 is 0 Å². The molecule has 2 aromatic rings. The maximum atomic E-state index is 12.1. The smallest absolute Gasteiger partial charge is 0.254 e. The highest BCUT2D eigenvalue weighted by Crippen LogP contribution is 2.16. The number of ether oxygens (including phenoxy) is 1. The standard InChI is InChI=1S/C12H13N5O2.ClH/c13-8-6-19-4-3-17-11(18)5-10(16-12(8)17)9-1-2-14-7-15-9;/h1-2,5,7-8H,3-4,6,13H2;1H. The second-order valence-electron chi connectivity index (χ2n) is 4.27. The summed E-state index contributed by atoms with van der Waals surface area (Å²) in [4.78, 5) is 24.5. The largest absolute Gasteiger partial charge is 0.377 e. The van der Waals surface area contributed by atoms with Crippen LogP contribution in [-0.4, -0.2) is 32.7 Å². The van der Waals surface area contributed by atoms with Gasteiger partial charge in [-0.1, -0.05) is 0 Å². The van der Waals surface area contributed by atoms with Crippen LogP contribution < -0.4 is 11.3 Å². The molecule has 3 rings (SSSR count). The summed E-state index contributed by atoms with van der Waals surface area (Å²) in [5.74, 6) is 0.540. The van der Waals surface area contributed by atoms with Crippen LogP contribution in [0, 0.1) is 0 Å². The maximum absolute atomic E-state index is 12.1. The number of halogens is 1. The van der Waals surface area contributed by atoms with Crippen molar-refractivity contribution in [2.24, 2.45) is 5.73 Å². The molecule has 0 bridgehead atoms. The Balaban J connectivity index is 0.00000147. The summed E-state index contributed by atoms with van der Waals surface area (Å²) in [5.41, 5.74) is 6.96. The fraction of sp³-hybridized carbons (Fsp3) is 0.333. The summed E-state index contributed by atoms with van der Waals surface area (Å²) < 4.78 is 6.90. The summed E-state index contributed by atoms with van der Waals surface area (Å²) in [7, 11) is 0. The molecule has 1 atom stereocenters. The summed E-state index contributed by atoms with van der Waals surface area (Å²) >= 11 is 0. The van der Waals surface area contributed by atoms with E-state index in [0.29, 0.717) is 37.0 Å². The molecule has 0 saturated carbocycles. The number of aromatic nitrogens is 4. The first-order chi connectivity index (χ1) is 9.25. The lowest BCUT2D eigenvalue weighted by Gasteiger charge is -2.13. The predicted octanol–water partition coefficient (Wildman–Crippen LogP) is 0.152. The normalized spacial score (nSPS) is 17.8. The van der Waals surface area contributed by atoms with Crippen molar-refractivity contribution in [2.75, 3.05) is 13.2 Å². The number of rotatable bonds is 1. The highest BCUT2D eigenvalue weighted by Gasteiger charge is 2.19. The van der Waals surface area contributed by atoms with Crippen molar-refractivity contribution in [1.82, 2.24) is 19.5 Å². The van der Waals surface area contributed by atoms with Gasteiger partial charge in [-0.25, -0.2) is 15.0 Å². The third-order valence-electron chi connectivity index (χ3n) is 2.97. The fourth-order valence-corrected chi connectivity index (χ4v) is 2.05. The molecule has 7 nitrogen and oxygen atoms in total. The van der Waals surface area contributed by atoms with E-state index < -0.39 is 6.04 Å². The first kappa shape index (κ1) is 14.6. The molecule has 106 valence electrons. The highest BCUT2D eigenvalue weighted by molar-refractivity contribution is 5.85. The Morgan fingerprint density at radius 1 is 1.40 bits per heavy atom. The monoisotopic (exact) mass is 295 g/mol. The quantitative estimate of drug-likeness (QED) is 0.804. The number of hydrogen-bond donors (Lipinski definition) is 1. The van der Waals surface area contributed by atoms with Crippen LogP contribution in [-0.2, 0) is 11.3 Å². The van der Waals surface area contributed by atoms with Gasteiger partial charge in [0.05, 0.1) is 37.2 Å². The zero-order chi connectivity index (χ0) is 13.2. The van der Waals surface area contributed by atoms with Crippen LogP contribution in [0.4, 0.5) is 0 Å². The van der Waals surface area contributed by atoms with Crippen molar-refractivity contribution in [3.8, 4) is 11.4 Å². The zero-order valence-corrected chi connectivity index (χ0v) is 11.4. The van der Waals surface area contributed by atoms with E-state index in [4.69, 9.17) is 10.5 Å². The molecule has 2 N–H and O–H groups in total. The van der Waals surface area contributed by atoms with E-state index in [1.807, 2.05) is 0 Å². The van der Waals surface area contributed by atoms with Gasteiger partial charge in [0.25, 0.3) is 5.56 Å². The van der Waals surface area contributed by atoms with Crippen molar-refractivity contribution in [3.63, 3.8) is 0 Å². The Hall–Kier alpha value is -1.83. The van der Waals surface area contributed by atoms with Gasteiger partial charge in [0.15, 0.2) is 0 Å². The third kappa shape index (κ3) is 2.69. The lowest BCUT2D eigenvalue weighted by molar-refractivity contribution is 0.126. The Bertz CT molecular complexity index is 646. The molecule has 2 aromatic heterocycles. The molecule has 1 aliphatic rings. The molecule has 0 aliphatic carbocycles. The minimum absolute atomic E-state index is 0. The van der Waals surface area contributed by atoms with Gasteiger partial charge in [-0.05, 0) is 6.07 Å². The summed E-state index contributed by atoms with van der Waals surface area (Å²) in [5, 5.41) is 0.